The zero-order chi connectivity index (χ0) is 22.4. The quantitative estimate of drug-likeness (QED) is 0.588. The van der Waals surface area contributed by atoms with Gasteiger partial charge in [0.25, 0.3) is 5.91 Å². The lowest BCUT2D eigenvalue weighted by Gasteiger charge is -2.31. The lowest BCUT2D eigenvalue weighted by Crippen LogP contribution is -2.35. The Hall–Kier alpha value is -2.56. The maximum atomic E-state index is 12.8. The molecule has 2 aliphatic rings. The third-order valence-electron chi connectivity index (χ3n) is 7.01. The largest absolute Gasteiger partial charge is 0.391 e. The molecule has 2 N–H and O–H groups in total. The molecule has 2 amide bonds. The Labute approximate surface area is 187 Å². The number of carbonyl (C=O) groups is 2. The van der Waals surface area contributed by atoms with Crippen LogP contribution in [0.25, 0.3) is 0 Å². The van der Waals surface area contributed by atoms with E-state index < -0.39 is 0 Å². The topological polar surface area (TPSA) is 61.4 Å². The van der Waals surface area contributed by atoms with Gasteiger partial charge < -0.3 is 15.5 Å². The van der Waals surface area contributed by atoms with Crippen molar-refractivity contribution < 1.29 is 9.59 Å². The first-order valence-corrected chi connectivity index (χ1v) is 11.5. The highest BCUT2D eigenvalue weighted by molar-refractivity contribution is 5.94. The standard InChI is InChI=1S/C26H37N3O2/c1-5-27-16-14-26(15-17-28-24(30)22-9-7-6-8-19(22)2)13-12-20-10-11-21(18-23(20)26)25(31)29(3)4/h5,10-11,18,27H,1,6-9,12-17H2,2-4H3,(H,28,30). The lowest BCUT2D eigenvalue weighted by atomic mass is 9.75. The van der Waals surface area contributed by atoms with Crippen molar-refractivity contribution in [2.45, 2.75) is 63.7 Å². The molecule has 1 atom stereocenters. The monoisotopic (exact) mass is 423 g/mol. The van der Waals surface area contributed by atoms with Crippen molar-refractivity contribution in [3.05, 3.63) is 58.8 Å². The van der Waals surface area contributed by atoms with Crippen molar-refractivity contribution in [1.82, 2.24) is 15.5 Å². The van der Waals surface area contributed by atoms with Crippen LogP contribution in [0, 0.1) is 0 Å². The summed E-state index contributed by atoms with van der Waals surface area (Å²) in [6.45, 7) is 7.33. The van der Waals surface area contributed by atoms with E-state index in [1.165, 1.54) is 23.1 Å². The molecule has 1 unspecified atom stereocenters. The molecule has 1 aromatic rings. The van der Waals surface area contributed by atoms with Crippen LogP contribution in [0.4, 0.5) is 0 Å². The number of fused-ring (bicyclic) bond motifs is 1. The van der Waals surface area contributed by atoms with Gasteiger partial charge in [-0.15, -0.1) is 0 Å². The van der Waals surface area contributed by atoms with Crippen molar-refractivity contribution in [1.29, 1.82) is 0 Å². The van der Waals surface area contributed by atoms with Gasteiger partial charge in [0.05, 0.1) is 0 Å². The first-order valence-electron chi connectivity index (χ1n) is 11.5. The summed E-state index contributed by atoms with van der Waals surface area (Å²) in [4.78, 5) is 27.0. The van der Waals surface area contributed by atoms with Crippen LogP contribution in [-0.4, -0.2) is 43.9 Å². The van der Waals surface area contributed by atoms with E-state index in [0.29, 0.717) is 6.54 Å². The predicted molar refractivity (Wildman–Crippen MR) is 126 cm³/mol. The fraction of sp³-hybridized carbons (Fsp3) is 0.538. The summed E-state index contributed by atoms with van der Waals surface area (Å²) < 4.78 is 0. The van der Waals surface area contributed by atoms with Crippen molar-refractivity contribution >= 4 is 11.8 Å². The second-order valence-electron chi connectivity index (χ2n) is 9.23. The molecule has 0 saturated carbocycles. The molecular weight excluding hydrogens is 386 g/mol. The number of rotatable bonds is 9. The molecule has 0 fully saturated rings. The molecule has 5 nitrogen and oxygen atoms in total. The van der Waals surface area contributed by atoms with Crippen LogP contribution < -0.4 is 10.6 Å². The minimum absolute atomic E-state index is 0.0285. The Kier molecular flexibility index (Phi) is 7.58. The van der Waals surface area contributed by atoms with E-state index in [2.05, 4.69) is 36.3 Å². The molecular formula is C26H37N3O2. The average Bonchev–Trinajstić information content (AvgIpc) is 3.11. The second kappa shape index (κ2) is 10.2. The molecule has 0 heterocycles. The van der Waals surface area contributed by atoms with Crippen LogP contribution in [0.5, 0.6) is 0 Å². The molecule has 0 aromatic heterocycles. The molecule has 168 valence electrons. The third-order valence-corrected chi connectivity index (χ3v) is 7.01. The maximum absolute atomic E-state index is 12.8. The highest BCUT2D eigenvalue weighted by Crippen LogP contribution is 2.44. The van der Waals surface area contributed by atoms with Crippen molar-refractivity contribution in [2.24, 2.45) is 0 Å². The number of nitrogens with one attached hydrogen (secondary N) is 2. The smallest absolute Gasteiger partial charge is 0.253 e. The van der Waals surface area contributed by atoms with E-state index in [4.69, 9.17) is 0 Å². The van der Waals surface area contributed by atoms with Gasteiger partial charge in [-0.3, -0.25) is 9.59 Å². The minimum atomic E-state index is -0.0444. The molecule has 3 rings (SSSR count). The first kappa shape index (κ1) is 23.1. The number of nitrogens with zero attached hydrogens (tertiary/aromatic N) is 1. The molecule has 0 bridgehead atoms. The van der Waals surface area contributed by atoms with Crippen LogP contribution in [0.3, 0.4) is 0 Å². The molecule has 1 aromatic carbocycles. The van der Waals surface area contributed by atoms with E-state index in [-0.39, 0.29) is 17.2 Å². The summed E-state index contributed by atoms with van der Waals surface area (Å²) in [5.74, 6) is 0.132. The summed E-state index contributed by atoms with van der Waals surface area (Å²) in [7, 11) is 3.57. The van der Waals surface area contributed by atoms with Crippen molar-refractivity contribution in [2.75, 3.05) is 27.2 Å². The van der Waals surface area contributed by atoms with Crippen LogP contribution in [-0.2, 0) is 16.6 Å². The Morgan fingerprint density at radius 1 is 1.13 bits per heavy atom. The Morgan fingerprint density at radius 2 is 1.87 bits per heavy atom. The van der Waals surface area contributed by atoms with Gasteiger partial charge in [0, 0.05) is 38.3 Å². The fourth-order valence-electron chi connectivity index (χ4n) is 5.13. The predicted octanol–water partition coefficient (Wildman–Crippen LogP) is 4.09. The summed E-state index contributed by atoms with van der Waals surface area (Å²) in [5, 5.41) is 6.44. The van der Waals surface area contributed by atoms with E-state index in [1.54, 1.807) is 25.2 Å². The van der Waals surface area contributed by atoms with Gasteiger partial charge in [-0.2, -0.15) is 0 Å². The van der Waals surface area contributed by atoms with Crippen LogP contribution in [0.2, 0.25) is 0 Å². The maximum Gasteiger partial charge on any atom is 0.253 e. The summed E-state index contributed by atoms with van der Waals surface area (Å²) >= 11 is 0. The number of carbonyl (C=O) groups excluding carboxylic acids is 2. The van der Waals surface area contributed by atoms with Gasteiger partial charge in [0.1, 0.15) is 0 Å². The lowest BCUT2D eigenvalue weighted by molar-refractivity contribution is -0.117. The fourth-order valence-corrected chi connectivity index (χ4v) is 5.13. The van der Waals surface area contributed by atoms with E-state index >= 15 is 0 Å². The number of benzene rings is 1. The normalized spacial score (nSPS) is 20.2. The highest BCUT2D eigenvalue weighted by Gasteiger charge is 2.38. The van der Waals surface area contributed by atoms with E-state index in [9.17, 15) is 9.59 Å². The molecule has 0 radical (unpaired) electrons. The summed E-state index contributed by atoms with van der Waals surface area (Å²) in [6, 6.07) is 6.15. The molecule has 0 saturated heterocycles. The second-order valence-corrected chi connectivity index (χ2v) is 9.23. The van der Waals surface area contributed by atoms with Crippen molar-refractivity contribution in [3.63, 3.8) is 0 Å². The summed E-state index contributed by atoms with van der Waals surface area (Å²) in [6.07, 6.45) is 9.83. The van der Waals surface area contributed by atoms with Gasteiger partial charge in [-0.25, -0.2) is 0 Å². The van der Waals surface area contributed by atoms with E-state index in [0.717, 1.165) is 62.6 Å². The van der Waals surface area contributed by atoms with Crippen LogP contribution >= 0.6 is 0 Å². The molecule has 2 aliphatic carbocycles. The van der Waals surface area contributed by atoms with Gasteiger partial charge in [0.2, 0.25) is 5.91 Å². The number of hydrogen-bond acceptors (Lipinski definition) is 3. The average molecular weight is 424 g/mol. The number of hydrogen-bond donors (Lipinski definition) is 2. The van der Waals surface area contributed by atoms with Gasteiger partial charge in [-0.1, -0.05) is 18.2 Å². The van der Waals surface area contributed by atoms with Crippen LogP contribution in [0.15, 0.2) is 42.1 Å². The summed E-state index contributed by atoms with van der Waals surface area (Å²) in [5.41, 5.74) is 5.51. The third kappa shape index (κ3) is 5.20. The zero-order valence-electron chi connectivity index (χ0n) is 19.4. The molecule has 0 aliphatic heterocycles. The van der Waals surface area contributed by atoms with Gasteiger partial charge in [0.15, 0.2) is 0 Å². The SMILES string of the molecule is C=CNCCC1(CCNC(=O)C2=C(C)CCCC2)CCc2ccc(C(=O)N(C)C)cc21. The highest BCUT2D eigenvalue weighted by atomic mass is 16.2. The first-order chi connectivity index (χ1) is 14.9. The van der Waals surface area contributed by atoms with Gasteiger partial charge in [-0.05, 0) is 93.2 Å². The Bertz CT molecular complexity index is 871. The molecule has 0 spiro atoms. The minimum Gasteiger partial charge on any atom is -0.391 e. The number of aryl methyl sites for hydroxylation is 1. The number of amides is 2. The Balaban J connectivity index is 1.78. The molecule has 31 heavy (non-hydrogen) atoms. The zero-order valence-corrected chi connectivity index (χ0v) is 19.4. The number of allylic oxidation sites excluding steroid dienone is 1. The van der Waals surface area contributed by atoms with Crippen molar-refractivity contribution in [3.8, 4) is 0 Å². The van der Waals surface area contributed by atoms with Crippen LogP contribution in [0.1, 0.15) is 73.4 Å². The van der Waals surface area contributed by atoms with Gasteiger partial charge >= 0.3 is 0 Å². The Morgan fingerprint density at radius 3 is 2.58 bits per heavy atom. The van der Waals surface area contributed by atoms with E-state index in [1.807, 2.05) is 6.07 Å². The molecule has 5 heteroatoms.